The van der Waals surface area contributed by atoms with E-state index in [0.29, 0.717) is 5.96 Å². The van der Waals surface area contributed by atoms with E-state index in [0.717, 1.165) is 19.5 Å². The Balaban J connectivity index is 0.00000625. The van der Waals surface area contributed by atoms with Crippen molar-refractivity contribution in [3.63, 3.8) is 0 Å². The summed E-state index contributed by atoms with van der Waals surface area (Å²) in [4.78, 5) is 16.3. The normalized spacial score (nSPS) is 11.6. The van der Waals surface area contributed by atoms with Gasteiger partial charge in [-0.2, -0.15) is 0 Å². The van der Waals surface area contributed by atoms with Crippen LogP contribution in [0, 0.1) is 20.8 Å². The van der Waals surface area contributed by atoms with E-state index in [4.69, 9.17) is 0 Å². The van der Waals surface area contributed by atoms with Gasteiger partial charge in [-0.25, -0.2) is 4.99 Å². The van der Waals surface area contributed by atoms with E-state index >= 15 is 0 Å². The first-order chi connectivity index (χ1) is 11.6. The lowest BCUT2D eigenvalue weighted by Crippen LogP contribution is -2.43. The van der Waals surface area contributed by atoms with Gasteiger partial charge in [0, 0.05) is 18.6 Å². The third-order valence-corrected chi connectivity index (χ3v) is 3.75. The number of guanidine groups is 1. The van der Waals surface area contributed by atoms with Crippen molar-refractivity contribution in [2.45, 2.75) is 60.4 Å². The lowest BCUT2D eigenvalue weighted by molar-refractivity contribution is -0.121. The van der Waals surface area contributed by atoms with E-state index in [1.807, 2.05) is 27.7 Å². The van der Waals surface area contributed by atoms with Crippen molar-refractivity contribution in [3.8, 4) is 0 Å². The molecule has 0 aliphatic carbocycles. The molecule has 1 rings (SSSR count). The highest BCUT2D eigenvalue weighted by atomic mass is 127. The third kappa shape index (κ3) is 9.40. The molecule has 0 bridgehead atoms. The molecule has 0 aliphatic rings. The minimum Gasteiger partial charge on any atom is -0.357 e. The molecular formula is C20H35IN4O. The summed E-state index contributed by atoms with van der Waals surface area (Å²) in [5.41, 5.74) is 5.08. The van der Waals surface area contributed by atoms with Crippen LogP contribution < -0.4 is 16.0 Å². The first-order valence-corrected chi connectivity index (χ1v) is 9.02. The number of carbonyl (C=O) groups is 1. The Morgan fingerprint density at radius 1 is 1.08 bits per heavy atom. The van der Waals surface area contributed by atoms with Crippen LogP contribution in [0.1, 0.15) is 49.9 Å². The monoisotopic (exact) mass is 474 g/mol. The van der Waals surface area contributed by atoms with E-state index in [9.17, 15) is 4.79 Å². The van der Waals surface area contributed by atoms with Gasteiger partial charge in [-0.1, -0.05) is 17.7 Å². The van der Waals surface area contributed by atoms with Gasteiger partial charge in [0.05, 0.1) is 0 Å². The van der Waals surface area contributed by atoms with Crippen molar-refractivity contribution in [2.24, 2.45) is 4.99 Å². The summed E-state index contributed by atoms with van der Waals surface area (Å²) in [6, 6.07) is 4.44. The summed E-state index contributed by atoms with van der Waals surface area (Å²) < 4.78 is 0. The van der Waals surface area contributed by atoms with E-state index in [2.05, 4.69) is 53.8 Å². The van der Waals surface area contributed by atoms with Gasteiger partial charge in [0.25, 0.3) is 0 Å². The Morgan fingerprint density at radius 3 is 2.15 bits per heavy atom. The largest absolute Gasteiger partial charge is 0.357 e. The van der Waals surface area contributed by atoms with Crippen LogP contribution in [0.4, 0.5) is 0 Å². The quantitative estimate of drug-likeness (QED) is 0.337. The van der Waals surface area contributed by atoms with Gasteiger partial charge in [0.15, 0.2) is 5.96 Å². The zero-order chi connectivity index (χ0) is 19.0. The molecule has 1 aromatic rings. The molecule has 3 N–H and O–H groups in total. The minimum absolute atomic E-state index is 0. The van der Waals surface area contributed by atoms with Crippen molar-refractivity contribution in [2.75, 3.05) is 19.6 Å². The molecule has 1 aromatic carbocycles. The maximum absolute atomic E-state index is 11.9. The molecule has 6 heteroatoms. The average molecular weight is 474 g/mol. The Morgan fingerprint density at radius 2 is 1.65 bits per heavy atom. The zero-order valence-electron chi connectivity index (χ0n) is 17.2. The van der Waals surface area contributed by atoms with Crippen molar-refractivity contribution >= 4 is 35.8 Å². The fourth-order valence-electron chi connectivity index (χ4n) is 2.86. The number of amides is 1. The molecule has 1 amide bonds. The highest BCUT2D eigenvalue weighted by Crippen LogP contribution is 2.16. The topological polar surface area (TPSA) is 65.5 Å². The van der Waals surface area contributed by atoms with E-state index in [-0.39, 0.29) is 42.0 Å². The molecule has 0 spiro atoms. The Labute approximate surface area is 175 Å². The van der Waals surface area contributed by atoms with Crippen LogP contribution in [-0.2, 0) is 11.2 Å². The van der Waals surface area contributed by atoms with Gasteiger partial charge in [0.2, 0.25) is 5.91 Å². The minimum atomic E-state index is -0.237. The van der Waals surface area contributed by atoms with Crippen molar-refractivity contribution in [1.82, 2.24) is 16.0 Å². The Hall–Kier alpha value is -1.31. The molecule has 26 heavy (non-hydrogen) atoms. The molecule has 0 saturated carbocycles. The summed E-state index contributed by atoms with van der Waals surface area (Å²) in [6.07, 6.45) is 0.927. The predicted molar refractivity (Wildman–Crippen MR) is 122 cm³/mol. The summed E-state index contributed by atoms with van der Waals surface area (Å²) in [5, 5.41) is 9.42. The number of rotatable bonds is 6. The van der Waals surface area contributed by atoms with Gasteiger partial charge in [0.1, 0.15) is 6.54 Å². The fourth-order valence-corrected chi connectivity index (χ4v) is 2.86. The molecule has 0 aliphatic heterocycles. The van der Waals surface area contributed by atoms with Crippen molar-refractivity contribution in [1.29, 1.82) is 0 Å². The molecule has 0 heterocycles. The lowest BCUT2D eigenvalue weighted by atomic mass is 9.97. The number of benzene rings is 1. The molecule has 0 aromatic heterocycles. The molecule has 0 radical (unpaired) electrons. The number of halogens is 1. The fraction of sp³-hybridized carbons (Fsp3) is 0.600. The molecule has 0 fully saturated rings. The van der Waals surface area contributed by atoms with E-state index in [1.54, 1.807) is 0 Å². The maximum Gasteiger partial charge on any atom is 0.242 e. The van der Waals surface area contributed by atoms with Crippen LogP contribution in [0.25, 0.3) is 0 Å². The Kier molecular flexibility index (Phi) is 10.8. The van der Waals surface area contributed by atoms with Crippen LogP contribution in [0.15, 0.2) is 17.1 Å². The van der Waals surface area contributed by atoms with Crippen LogP contribution in [-0.4, -0.2) is 37.0 Å². The van der Waals surface area contributed by atoms with Gasteiger partial charge < -0.3 is 16.0 Å². The van der Waals surface area contributed by atoms with Gasteiger partial charge >= 0.3 is 0 Å². The van der Waals surface area contributed by atoms with Crippen molar-refractivity contribution in [3.05, 3.63) is 34.4 Å². The number of nitrogens with zero attached hydrogens (tertiary/aromatic N) is 1. The number of hydrogen-bond donors (Lipinski definition) is 3. The molecule has 5 nitrogen and oxygen atoms in total. The maximum atomic E-state index is 11.9. The average Bonchev–Trinajstić information content (AvgIpc) is 2.45. The van der Waals surface area contributed by atoms with Crippen LogP contribution >= 0.6 is 24.0 Å². The third-order valence-electron chi connectivity index (χ3n) is 3.75. The smallest absolute Gasteiger partial charge is 0.242 e. The Bertz CT molecular complexity index is 598. The molecule has 0 unspecified atom stereocenters. The van der Waals surface area contributed by atoms with Crippen LogP contribution in [0.2, 0.25) is 0 Å². The lowest BCUT2D eigenvalue weighted by Gasteiger charge is -2.20. The first kappa shape index (κ1) is 24.7. The van der Waals surface area contributed by atoms with Crippen LogP contribution in [0.3, 0.4) is 0 Å². The second-order valence-corrected chi connectivity index (χ2v) is 7.55. The second kappa shape index (κ2) is 11.4. The standard InChI is InChI=1S/C20H34N4O.HI/c1-8-21-19(23-13-18(25)24-20(5,6)7)22-10-9-17-15(3)11-14(2)12-16(17)4;/h11-12H,8-10,13H2,1-7H3,(H,24,25)(H2,21,22,23);1H. The van der Waals surface area contributed by atoms with E-state index in [1.165, 1.54) is 22.3 Å². The second-order valence-electron chi connectivity index (χ2n) is 7.55. The highest BCUT2D eigenvalue weighted by molar-refractivity contribution is 14.0. The molecule has 148 valence electrons. The highest BCUT2D eigenvalue weighted by Gasteiger charge is 2.13. The van der Waals surface area contributed by atoms with E-state index < -0.39 is 0 Å². The van der Waals surface area contributed by atoms with Gasteiger partial charge in [-0.05, 0) is 71.6 Å². The number of carbonyl (C=O) groups excluding carboxylic acids is 1. The SMILES string of the molecule is CCNC(=NCC(=O)NC(C)(C)C)NCCc1c(C)cc(C)cc1C.I. The van der Waals surface area contributed by atoms with Gasteiger partial charge in [-0.15, -0.1) is 24.0 Å². The van der Waals surface area contributed by atoms with Crippen molar-refractivity contribution < 1.29 is 4.79 Å². The zero-order valence-corrected chi connectivity index (χ0v) is 19.6. The van der Waals surface area contributed by atoms with Crippen LogP contribution in [0.5, 0.6) is 0 Å². The molecular weight excluding hydrogens is 439 g/mol. The number of hydrogen-bond acceptors (Lipinski definition) is 2. The number of nitrogens with one attached hydrogen (secondary N) is 3. The summed E-state index contributed by atoms with van der Waals surface area (Å²) >= 11 is 0. The number of aryl methyl sites for hydroxylation is 3. The molecule has 0 atom stereocenters. The summed E-state index contributed by atoms with van der Waals surface area (Å²) in [5.74, 6) is 0.601. The molecule has 0 saturated heterocycles. The first-order valence-electron chi connectivity index (χ1n) is 9.02. The predicted octanol–water partition coefficient (Wildman–Crippen LogP) is 3.24. The number of aliphatic imine (C=N–C) groups is 1. The summed E-state index contributed by atoms with van der Waals surface area (Å²) in [7, 11) is 0. The summed E-state index contributed by atoms with van der Waals surface area (Å²) in [6.45, 7) is 16.0. The van der Waals surface area contributed by atoms with Gasteiger partial charge in [-0.3, -0.25) is 4.79 Å².